The van der Waals surface area contributed by atoms with Gasteiger partial charge in [0.2, 0.25) is 5.60 Å². The first kappa shape index (κ1) is 23.5. The van der Waals surface area contributed by atoms with Gasteiger partial charge in [-0.15, -0.1) is 0 Å². The van der Waals surface area contributed by atoms with Crippen LogP contribution in [0.15, 0.2) is 146 Å². The molecule has 0 saturated heterocycles. The average molecular weight is 492 g/mol. The highest BCUT2D eigenvalue weighted by atomic mass is 16.3. The molecule has 1 N–H and O–H groups in total. The summed E-state index contributed by atoms with van der Waals surface area (Å²) in [7, 11) is 0. The van der Waals surface area contributed by atoms with Crippen molar-refractivity contribution >= 4 is 11.6 Å². The molecule has 0 unspecified atom stereocenters. The van der Waals surface area contributed by atoms with Crippen LogP contribution in [0, 0.1) is 11.8 Å². The Balaban J connectivity index is 1.67. The maximum atomic E-state index is 14.6. The summed E-state index contributed by atoms with van der Waals surface area (Å²) in [6.45, 7) is 0. The third-order valence-electron chi connectivity index (χ3n) is 7.12. The monoisotopic (exact) mass is 491 g/mol. The first-order chi connectivity index (χ1) is 18.7. The predicted octanol–water partition coefficient (Wildman–Crippen LogP) is 6.26. The Labute approximate surface area is 222 Å². The summed E-state index contributed by atoms with van der Waals surface area (Å²) in [6, 6.07) is 46.7. The highest BCUT2D eigenvalue weighted by Gasteiger charge is 2.57. The molecule has 1 amide bonds. The van der Waals surface area contributed by atoms with E-state index in [2.05, 4.69) is 11.8 Å². The van der Waals surface area contributed by atoms with Crippen molar-refractivity contribution in [2.24, 2.45) is 0 Å². The van der Waals surface area contributed by atoms with Gasteiger partial charge in [0.15, 0.2) is 0 Å². The van der Waals surface area contributed by atoms with Gasteiger partial charge in [0.05, 0.1) is 5.69 Å². The number of rotatable bonds is 4. The van der Waals surface area contributed by atoms with Crippen molar-refractivity contribution in [3.8, 4) is 11.8 Å². The standard InChI is InChI=1S/C35H25NO2/c37-33-34(38,26-25-27-15-5-1-6-16-27)31-23-13-14-24-32(31)36(33)35(28-17-7-2-8-18-28,29-19-9-3-10-20-29)30-21-11-4-12-22-30/h1-24,38H/t34-/m1/s1. The second kappa shape index (κ2) is 9.52. The van der Waals surface area contributed by atoms with Gasteiger partial charge in [0, 0.05) is 11.1 Å². The van der Waals surface area contributed by atoms with Crippen LogP contribution >= 0.6 is 0 Å². The lowest BCUT2D eigenvalue weighted by Gasteiger charge is -2.44. The average Bonchev–Trinajstić information content (AvgIpc) is 3.22. The van der Waals surface area contributed by atoms with Gasteiger partial charge < -0.3 is 5.11 Å². The quantitative estimate of drug-likeness (QED) is 0.238. The minimum Gasteiger partial charge on any atom is -0.366 e. The van der Waals surface area contributed by atoms with Crippen LogP contribution in [0.4, 0.5) is 5.69 Å². The molecule has 0 spiro atoms. The molecule has 1 aliphatic heterocycles. The number of hydrogen-bond acceptors (Lipinski definition) is 2. The molecule has 6 rings (SSSR count). The highest BCUT2D eigenvalue weighted by molar-refractivity contribution is 6.11. The maximum Gasteiger partial charge on any atom is 0.278 e. The summed E-state index contributed by atoms with van der Waals surface area (Å²) >= 11 is 0. The van der Waals surface area contributed by atoms with Crippen molar-refractivity contribution in [2.45, 2.75) is 11.1 Å². The molecule has 1 atom stereocenters. The van der Waals surface area contributed by atoms with E-state index in [1.807, 2.05) is 140 Å². The summed E-state index contributed by atoms with van der Waals surface area (Å²) in [6.07, 6.45) is 0. The van der Waals surface area contributed by atoms with Gasteiger partial charge in [-0.2, -0.15) is 0 Å². The first-order valence-corrected chi connectivity index (χ1v) is 12.6. The maximum absolute atomic E-state index is 14.6. The molecule has 5 aromatic carbocycles. The molecule has 0 saturated carbocycles. The van der Waals surface area contributed by atoms with Crippen LogP contribution in [-0.4, -0.2) is 11.0 Å². The van der Waals surface area contributed by atoms with Gasteiger partial charge in [0.25, 0.3) is 5.91 Å². The van der Waals surface area contributed by atoms with Crippen molar-refractivity contribution in [2.75, 3.05) is 4.90 Å². The minimum atomic E-state index is -2.02. The lowest BCUT2D eigenvalue weighted by atomic mass is 9.75. The van der Waals surface area contributed by atoms with E-state index >= 15 is 0 Å². The summed E-state index contributed by atoms with van der Waals surface area (Å²) in [5.74, 6) is 5.51. The van der Waals surface area contributed by atoms with E-state index in [9.17, 15) is 9.90 Å². The zero-order valence-electron chi connectivity index (χ0n) is 20.7. The molecule has 0 fully saturated rings. The van der Waals surface area contributed by atoms with E-state index < -0.39 is 17.0 Å². The number of fused-ring (bicyclic) bond motifs is 1. The van der Waals surface area contributed by atoms with Crippen molar-refractivity contribution in [1.29, 1.82) is 0 Å². The van der Waals surface area contributed by atoms with Gasteiger partial charge in [0.1, 0.15) is 5.54 Å². The molecule has 0 bridgehead atoms. The third-order valence-corrected chi connectivity index (χ3v) is 7.12. The summed E-state index contributed by atoms with van der Waals surface area (Å²) < 4.78 is 0. The molecule has 182 valence electrons. The molecule has 0 aliphatic carbocycles. The van der Waals surface area contributed by atoms with Gasteiger partial charge >= 0.3 is 0 Å². The second-order valence-corrected chi connectivity index (χ2v) is 9.29. The number of nitrogens with zero attached hydrogens (tertiary/aromatic N) is 1. The molecule has 3 nitrogen and oxygen atoms in total. The molecule has 1 aliphatic rings. The molecule has 0 radical (unpaired) electrons. The van der Waals surface area contributed by atoms with E-state index in [0.717, 1.165) is 22.3 Å². The second-order valence-electron chi connectivity index (χ2n) is 9.29. The van der Waals surface area contributed by atoms with Crippen molar-refractivity contribution in [3.63, 3.8) is 0 Å². The lowest BCUT2D eigenvalue weighted by Crippen LogP contribution is -2.53. The van der Waals surface area contributed by atoms with Crippen molar-refractivity contribution in [1.82, 2.24) is 0 Å². The zero-order chi connectivity index (χ0) is 26.0. The fourth-order valence-electron chi connectivity index (χ4n) is 5.42. The van der Waals surface area contributed by atoms with Crippen LogP contribution in [-0.2, 0) is 15.9 Å². The molecule has 5 aromatic rings. The van der Waals surface area contributed by atoms with E-state index in [0.29, 0.717) is 11.3 Å². The Morgan fingerprint density at radius 3 is 1.50 bits per heavy atom. The first-order valence-electron chi connectivity index (χ1n) is 12.6. The molecule has 38 heavy (non-hydrogen) atoms. The van der Waals surface area contributed by atoms with E-state index in [-0.39, 0.29) is 0 Å². The Morgan fingerprint density at radius 1 is 0.579 bits per heavy atom. The Hall–Kier alpha value is -4.91. The molecule has 3 heteroatoms. The summed E-state index contributed by atoms with van der Waals surface area (Å²) in [4.78, 5) is 16.4. The third kappa shape index (κ3) is 3.63. The number of hydrogen-bond donors (Lipinski definition) is 1. The van der Waals surface area contributed by atoms with Crippen LogP contribution in [0.5, 0.6) is 0 Å². The summed E-state index contributed by atoms with van der Waals surface area (Å²) in [5, 5.41) is 12.1. The number of anilines is 1. The van der Waals surface area contributed by atoms with E-state index in [4.69, 9.17) is 0 Å². The van der Waals surface area contributed by atoms with Crippen LogP contribution in [0.2, 0.25) is 0 Å². The number of aliphatic hydroxyl groups is 1. The Bertz CT molecular complexity index is 1540. The van der Waals surface area contributed by atoms with E-state index in [1.54, 1.807) is 11.0 Å². The normalized spacial score (nSPS) is 16.4. The topological polar surface area (TPSA) is 40.5 Å². The van der Waals surface area contributed by atoms with Crippen LogP contribution in [0.25, 0.3) is 0 Å². The molecule has 1 heterocycles. The van der Waals surface area contributed by atoms with E-state index in [1.165, 1.54) is 0 Å². The molecular weight excluding hydrogens is 466 g/mol. The van der Waals surface area contributed by atoms with Gasteiger partial charge in [-0.05, 0) is 40.8 Å². The highest BCUT2D eigenvalue weighted by Crippen LogP contribution is 2.52. The number of benzene rings is 5. The fraction of sp³-hybridized carbons (Fsp3) is 0.0571. The van der Waals surface area contributed by atoms with Crippen molar-refractivity contribution in [3.05, 3.63) is 173 Å². The Kier molecular flexibility index (Phi) is 5.88. The zero-order valence-corrected chi connectivity index (χ0v) is 20.7. The largest absolute Gasteiger partial charge is 0.366 e. The van der Waals surface area contributed by atoms with Crippen LogP contribution in [0.1, 0.15) is 27.8 Å². The number of carbonyl (C=O) groups excluding carboxylic acids is 1. The van der Waals surface area contributed by atoms with Gasteiger partial charge in [-0.3, -0.25) is 9.69 Å². The fourth-order valence-corrected chi connectivity index (χ4v) is 5.42. The van der Waals surface area contributed by atoms with Gasteiger partial charge in [-0.25, -0.2) is 0 Å². The smallest absolute Gasteiger partial charge is 0.278 e. The number of para-hydroxylation sites is 1. The van der Waals surface area contributed by atoms with Gasteiger partial charge in [-0.1, -0.05) is 133 Å². The number of amides is 1. The summed E-state index contributed by atoms with van der Waals surface area (Å²) in [5.41, 5.74) is 1.46. The Morgan fingerprint density at radius 2 is 1.00 bits per heavy atom. The van der Waals surface area contributed by atoms with Crippen LogP contribution in [0.3, 0.4) is 0 Å². The predicted molar refractivity (Wildman–Crippen MR) is 150 cm³/mol. The molecular formula is C35H25NO2. The number of carbonyl (C=O) groups is 1. The van der Waals surface area contributed by atoms with Crippen molar-refractivity contribution < 1.29 is 9.90 Å². The SMILES string of the molecule is O=C1N(C(c2ccccc2)(c2ccccc2)c2ccccc2)c2ccccc2[C@]1(O)C#Cc1ccccc1. The lowest BCUT2D eigenvalue weighted by molar-refractivity contribution is -0.131. The molecule has 0 aromatic heterocycles. The minimum absolute atomic E-state index is 0.473. The van der Waals surface area contributed by atoms with Crippen LogP contribution < -0.4 is 4.90 Å².